The van der Waals surface area contributed by atoms with Crippen LogP contribution in [0.4, 0.5) is 0 Å². The van der Waals surface area contributed by atoms with Crippen molar-refractivity contribution in [3.8, 4) is 0 Å². The normalized spacial score (nSPS) is 17.8. The van der Waals surface area contributed by atoms with Crippen molar-refractivity contribution in [1.29, 1.82) is 0 Å². The molecule has 1 aromatic rings. The number of hydrogen-bond acceptors (Lipinski definition) is 2. The topological polar surface area (TPSA) is 6.48 Å². The SMILES string of the molecule is Cc1ccc(CN(C)CC2CCN(CC(C)C)CC2)cc1. The molecule has 0 aromatic heterocycles. The average Bonchev–Trinajstić information content (AvgIpc) is 2.43. The molecular formula is C19H32N2. The first-order valence-electron chi connectivity index (χ1n) is 8.49. The van der Waals surface area contributed by atoms with E-state index in [9.17, 15) is 0 Å². The molecule has 0 N–H and O–H groups in total. The van der Waals surface area contributed by atoms with Crippen LogP contribution in [0.2, 0.25) is 0 Å². The smallest absolute Gasteiger partial charge is 0.0230 e. The van der Waals surface area contributed by atoms with E-state index in [1.54, 1.807) is 0 Å². The quantitative estimate of drug-likeness (QED) is 0.785. The Morgan fingerprint density at radius 3 is 2.33 bits per heavy atom. The summed E-state index contributed by atoms with van der Waals surface area (Å²) in [6, 6.07) is 8.95. The molecule has 0 saturated carbocycles. The van der Waals surface area contributed by atoms with E-state index < -0.39 is 0 Å². The van der Waals surface area contributed by atoms with Crippen LogP contribution in [0, 0.1) is 18.8 Å². The van der Waals surface area contributed by atoms with Crippen molar-refractivity contribution < 1.29 is 0 Å². The van der Waals surface area contributed by atoms with Crippen molar-refractivity contribution in [1.82, 2.24) is 9.80 Å². The van der Waals surface area contributed by atoms with Gasteiger partial charge in [0, 0.05) is 19.6 Å². The molecule has 0 bridgehead atoms. The molecule has 0 spiro atoms. The van der Waals surface area contributed by atoms with E-state index in [-0.39, 0.29) is 0 Å². The fourth-order valence-electron chi connectivity index (χ4n) is 3.38. The number of piperidine rings is 1. The highest BCUT2D eigenvalue weighted by atomic mass is 15.1. The Kier molecular flexibility index (Phi) is 6.25. The molecule has 0 amide bonds. The summed E-state index contributed by atoms with van der Waals surface area (Å²) >= 11 is 0. The van der Waals surface area contributed by atoms with Crippen molar-refractivity contribution in [2.45, 2.75) is 40.2 Å². The van der Waals surface area contributed by atoms with Crippen LogP contribution >= 0.6 is 0 Å². The number of benzene rings is 1. The Bertz CT molecular complexity index is 402. The lowest BCUT2D eigenvalue weighted by Crippen LogP contribution is -2.39. The van der Waals surface area contributed by atoms with Gasteiger partial charge in [-0.3, -0.25) is 0 Å². The minimum Gasteiger partial charge on any atom is -0.303 e. The van der Waals surface area contributed by atoms with Gasteiger partial charge in [-0.2, -0.15) is 0 Å². The standard InChI is InChI=1S/C19H32N2/c1-16(2)13-21-11-9-19(10-12-21)15-20(4)14-18-7-5-17(3)6-8-18/h5-8,16,19H,9-15H2,1-4H3. The molecule has 1 heterocycles. The van der Waals surface area contributed by atoms with E-state index in [0.717, 1.165) is 18.4 Å². The maximum atomic E-state index is 2.64. The second-order valence-electron chi connectivity index (χ2n) is 7.32. The molecule has 1 fully saturated rings. The molecule has 2 heteroatoms. The van der Waals surface area contributed by atoms with Crippen LogP contribution in [0.15, 0.2) is 24.3 Å². The first-order valence-corrected chi connectivity index (χ1v) is 8.49. The first-order chi connectivity index (χ1) is 10.0. The van der Waals surface area contributed by atoms with Gasteiger partial charge in [0.1, 0.15) is 0 Å². The highest BCUT2D eigenvalue weighted by molar-refractivity contribution is 5.21. The molecule has 118 valence electrons. The number of hydrogen-bond donors (Lipinski definition) is 0. The summed E-state index contributed by atoms with van der Waals surface area (Å²) in [5.74, 6) is 1.68. The number of rotatable bonds is 6. The zero-order valence-electron chi connectivity index (χ0n) is 14.3. The van der Waals surface area contributed by atoms with Crippen LogP contribution in [0.5, 0.6) is 0 Å². The van der Waals surface area contributed by atoms with Crippen molar-refractivity contribution in [2.24, 2.45) is 11.8 Å². The van der Waals surface area contributed by atoms with E-state index in [4.69, 9.17) is 0 Å². The lowest BCUT2D eigenvalue weighted by atomic mass is 9.95. The average molecular weight is 288 g/mol. The van der Waals surface area contributed by atoms with Crippen LogP contribution < -0.4 is 0 Å². The predicted octanol–water partition coefficient (Wildman–Crippen LogP) is 3.79. The van der Waals surface area contributed by atoms with Crippen molar-refractivity contribution in [2.75, 3.05) is 33.2 Å². The fourth-order valence-corrected chi connectivity index (χ4v) is 3.38. The van der Waals surface area contributed by atoms with E-state index in [1.807, 2.05) is 0 Å². The van der Waals surface area contributed by atoms with Crippen molar-refractivity contribution in [3.63, 3.8) is 0 Å². The number of nitrogens with zero attached hydrogens (tertiary/aromatic N) is 2. The molecule has 0 atom stereocenters. The lowest BCUT2D eigenvalue weighted by Gasteiger charge is -2.34. The number of likely N-dealkylation sites (tertiary alicyclic amines) is 1. The van der Waals surface area contributed by atoms with E-state index >= 15 is 0 Å². The Hall–Kier alpha value is -0.860. The molecule has 0 unspecified atom stereocenters. The number of aryl methyl sites for hydroxylation is 1. The van der Waals surface area contributed by atoms with Crippen molar-refractivity contribution in [3.05, 3.63) is 35.4 Å². The Labute approximate surface area is 131 Å². The summed E-state index contributed by atoms with van der Waals surface area (Å²) in [5.41, 5.74) is 2.78. The van der Waals surface area contributed by atoms with Gasteiger partial charge in [0.15, 0.2) is 0 Å². The van der Waals surface area contributed by atoms with Gasteiger partial charge in [0.2, 0.25) is 0 Å². The van der Waals surface area contributed by atoms with Crippen LogP contribution in [-0.2, 0) is 6.54 Å². The minimum atomic E-state index is 0.797. The summed E-state index contributed by atoms with van der Waals surface area (Å²) in [6.45, 7) is 13.0. The Morgan fingerprint density at radius 2 is 1.76 bits per heavy atom. The second-order valence-corrected chi connectivity index (χ2v) is 7.32. The van der Waals surface area contributed by atoms with Crippen LogP contribution in [0.1, 0.15) is 37.8 Å². The summed E-state index contributed by atoms with van der Waals surface area (Å²) in [6.07, 6.45) is 2.73. The van der Waals surface area contributed by atoms with Gasteiger partial charge in [0.25, 0.3) is 0 Å². The van der Waals surface area contributed by atoms with Gasteiger partial charge < -0.3 is 9.80 Å². The van der Waals surface area contributed by atoms with Gasteiger partial charge in [-0.15, -0.1) is 0 Å². The third-order valence-electron chi connectivity index (χ3n) is 4.47. The Morgan fingerprint density at radius 1 is 1.14 bits per heavy atom. The highest BCUT2D eigenvalue weighted by Gasteiger charge is 2.20. The van der Waals surface area contributed by atoms with Crippen LogP contribution in [-0.4, -0.2) is 43.0 Å². The second kappa shape index (κ2) is 7.95. The van der Waals surface area contributed by atoms with Gasteiger partial charge >= 0.3 is 0 Å². The molecule has 2 nitrogen and oxygen atoms in total. The molecule has 0 radical (unpaired) electrons. The summed E-state index contributed by atoms with van der Waals surface area (Å²) in [5, 5.41) is 0. The van der Waals surface area contributed by atoms with Crippen molar-refractivity contribution >= 4 is 0 Å². The fraction of sp³-hybridized carbons (Fsp3) is 0.684. The summed E-state index contributed by atoms with van der Waals surface area (Å²) < 4.78 is 0. The van der Waals surface area contributed by atoms with Crippen LogP contribution in [0.3, 0.4) is 0 Å². The molecule has 1 aromatic carbocycles. The van der Waals surface area contributed by atoms with Gasteiger partial charge in [-0.1, -0.05) is 43.7 Å². The predicted molar refractivity (Wildman–Crippen MR) is 91.5 cm³/mol. The third-order valence-corrected chi connectivity index (χ3v) is 4.47. The van der Waals surface area contributed by atoms with Gasteiger partial charge in [0.05, 0.1) is 0 Å². The Balaban J connectivity index is 1.71. The zero-order chi connectivity index (χ0) is 15.2. The summed E-state index contributed by atoms with van der Waals surface area (Å²) in [4.78, 5) is 5.13. The largest absolute Gasteiger partial charge is 0.303 e. The van der Waals surface area contributed by atoms with Gasteiger partial charge in [-0.05, 0) is 57.3 Å². The third kappa shape index (κ3) is 5.80. The van der Waals surface area contributed by atoms with Crippen LogP contribution in [0.25, 0.3) is 0 Å². The highest BCUT2D eigenvalue weighted by Crippen LogP contribution is 2.19. The van der Waals surface area contributed by atoms with E-state index in [2.05, 4.69) is 61.9 Å². The van der Waals surface area contributed by atoms with E-state index in [1.165, 1.54) is 50.1 Å². The maximum Gasteiger partial charge on any atom is 0.0230 e. The molecule has 0 aliphatic carbocycles. The van der Waals surface area contributed by atoms with Gasteiger partial charge in [-0.25, -0.2) is 0 Å². The monoisotopic (exact) mass is 288 g/mol. The first kappa shape index (κ1) is 16.5. The molecule has 2 rings (SSSR count). The molecule has 1 saturated heterocycles. The summed E-state index contributed by atoms with van der Waals surface area (Å²) in [7, 11) is 2.26. The molecular weight excluding hydrogens is 256 g/mol. The lowest BCUT2D eigenvalue weighted by molar-refractivity contribution is 0.141. The maximum absolute atomic E-state index is 2.64. The molecule has 21 heavy (non-hydrogen) atoms. The zero-order valence-corrected chi connectivity index (χ0v) is 14.3. The van der Waals surface area contributed by atoms with E-state index in [0.29, 0.717) is 0 Å². The molecule has 1 aliphatic rings. The molecule has 1 aliphatic heterocycles. The minimum absolute atomic E-state index is 0.797.